The minimum atomic E-state index is -0.198. The molecule has 2 aromatic carbocycles. The molecule has 0 bridgehead atoms. The van der Waals surface area contributed by atoms with E-state index in [1.165, 1.54) is 27.7 Å². The first kappa shape index (κ1) is 21.8. The van der Waals surface area contributed by atoms with Crippen LogP contribution in [-0.2, 0) is 11.8 Å². The Bertz CT molecular complexity index is 1410. The van der Waals surface area contributed by atoms with Gasteiger partial charge in [0.15, 0.2) is 14.8 Å². The SMILES string of the molecule is Cc1ccccc1NC(=O)CSc1nc2c(sc(=S)n2-c2ccc(Cl)cc2)c(=O)n1C. The van der Waals surface area contributed by atoms with Gasteiger partial charge in [-0.3, -0.25) is 18.7 Å². The van der Waals surface area contributed by atoms with Crippen molar-refractivity contribution in [3.63, 3.8) is 0 Å². The lowest BCUT2D eigenvalue weighted by molar-refractivity contribution is -0.113. The lowest BCUT2D eigenvalue weighted by Gasteiger charge is -2.10. The van der Waals surface area contributed by atoms with Gasteiger partial charge in [0, 0.05) is 23.4 Å². The minimum absolute atomic E-state index is 0.117. The van der Waals surface area contributed by atoms with Crippen molar-refractivity contribution >= 4 is 68.9 Å². The second-order valence-electron chi connectivity index (χ2n) is 6.74. The molecule has 10 heteroatoms. The van der Waals surface area contributed by atoms with E-state index in [9.17, 15) is 9.59 Å². The molecule has 1 N–H and O–H groups in total. The van der Waals surface area contributed by atoms with Gasteiger partial charge in [-0.25, -0.2) is 4.98 Å². The fourth-order valence-electron chi connectivity index (χ4n) is 2.99. The molecule has 0 unspecified atom stereocenters. The van der Waals surface area contributed by atoms with E-state index in [0.29, 0.717) is 24.5 Å². The number of rotatable bonds is 5. The molecule has 0 radical (unpaired) electrons. The number of thioether (sulfide) groups is 1. The number of carbonyl (C=O) groups is 1. The molecule has 0 spiro atoms. The molecule has 0 aliphatic rings. The number of nitrogens with one attached hydrogen (secondary N) is 1. The fourth-order valence-corrected chi connectivity index (χ4v) is 5.23. The van der Waals surface area contributed by atoms with Gasteiger partial charge in [-0.1, -0.05) is 52.9 Å². The van der Waals surface area contributed by atoms with Crippen molar-refractivity contribution in [2.75, 3.05) is 11.1 Å². The van der Waals surface area contributed by atoms with Gasteiger partial charge in [0.2, 0.25) is 5.91 Å². The van der Waals surface area contributed by atoms with E-state index >= 15 is 0 Å². The van der Waals surface area contributed by atoms with Crippen LogP contribution in [0.15, 0.2) is 58.5 Å². The van der Waals surface area contributed by atoms with Gasteiger partial charge in [0.1, 0.15) is 4.70 Å². The van der Waals surface area contributed by atoms with E-state index in [1.54, 1.807) is 23.7 Å². The van der Waals surface area contributed by atoms with Crippen LogP contribution in [0.2, 0.25) is 5.02 Å². The van der Waals surface area contributed by atoms with Gasteiger partial charge in [0.25, 0.3) is 5.56 Å². The summed E-state index contributed by atoms with van der Waals surface area (Å²) in [6, 6.07) is 14.7. The Morgan fingerprint density at radius 2 is 1.94 bits per heavy atom. The van der Waals surface area contributed by atoms with E-state index in [4.69, 9.17) is 23.8 Å². The largest absolute Gasteiger partial charge is 0.325 e. The Hall–Kier alpha value is -2.46. The smallest absolute Gasteiger partial charge is 0.273 e. The first-order valence-corrected chi connectivity index (χ1v) is 11.8. The number of fused-ring (bicyclic) bond motifs is 1. The summed E-state index contributed by atoms with van der Waals surface area (Å²) in [6.07, 6.45) is 0. The molecule has 31 heavy (non-hydrogen) atoms. The van der Waals surface area contributed by atoms with E-state index in [2.05, 4.69) is 10.3 Å². The van der Waals surface area contributed by atoms with Crippen LogP contribution in [0.4, 0.5) is 5.69 Å². The molecule has 0 saturated carbocycles. The number of thiazole rings is 1. The Kier molecular flexibility index (Phi) is 6.29. The number of carbonyl (C=O) groups excluding carboxylic acids is 1. The summed E-state index contributed by atoms with van der Waals surface area (Å²) in [4.78, 5) is 30.0. The summed E-state index contributed by atoms with van der Waals surface area (Å²) in [5.41, 5.74) is 2.79. The first-order chi connectivity index (χ1) is 14.8. The third kappa shape index (κ3) is 4.45. The maximum atomic E-state index is 12.9. The highest BCUT2D eigenvalue weighted by Crippen LogP contribution is 2.26. The number of nitrogens with zero attached hydrogens (tertiary/aromatic N) is 3. The van der Waals surface area contributed by atoms with Crippen LogP contribution in [0, 0.1) is 10.9 Å². The van der Waals surface area contributed by atoms with E-state index in [0.717, 1.165) is 16.9 Å². The normalized spacial score (nSPS) is 11.1. The Labute approximate surface area is 196 Å². The van der Waals surface area contributed by atoms with Gasteiger partial charge in [-0.15, -0.1) is 0 Å². The maximum absolute atomic E-state index is 12.9. The third-order valence-corrected chi connectivity index (χ3v) is 7.24. The number of aryl methyl sites for hydroxylation is 1. The monoisotopic (exact) mass is 488 g/mol. The molecule has 6 nitrogen and oxygen atoms in total. The predicted molar refractivity (Wildman–Crippen MR) is 131 cm³/mol. The van der Waals surface area contributed by atoms with Gasteiger partial charge < -0.3 is 5.32 Å². The van der Waals surface area contributed by atoms with Crippen molar-refractivity contribution in [2.24, 2.45) is 7.05 Å². The predicted octanol–water partition coefficient (Wildman–Crippen LogP) is 5.21. The highest BCUT2D eigenvalue weighted by atomic mass is 35.5. The first-order valence-electron chi connectivity index (χ1n) is 9.22. The van der Waals surface area contributed by atoms with Crippen LogP contribution in [0.25, 0.3) is 16.0 Å². The van der Waals surface area contributed by atoms with Crippen molar-refractivity contribution in [1.82, 2.24) is 14.1 Å². The molecule has 4 rings (SSSR count). The van der Waals surface area contributed by atoms with Gasteiger partial charge in [-0.2, -0.15) is 0 Å². The highest BCUT2D eigenvalue weighted by molar-refractivity contribution is 7.99. The second-order valence-corrected chi connectivity index (χ2v) is 9.77. The molecule has 0 fully saturated rings. The van der Waals surface area contributed by atoms with Crippen LogP contribution in [-0.4, -0.2) is 25.8 Å². The zero-order chi connectivity index (χ0) is 22.1. The van der Waals surface area contributed by atoms with Gasteiger partial charge in [-0.05, 0) is 55.0 Å². The quantitative estimate of drug-likeness (QED) is 0.237. The maximum Gasteiger partial charge on any atom is 0.273 e. The average molecular weight is 489 g/mol. The van der Waals surface area contributed by atoms with Crippen LogP contribution in [0.1, 0.15) is 5.56 Å². The van der Waals surface area contributed by atoms with Crippen molar-refractivity contribution in [3.05, 3.63) is 73.4 Å². The molecular formula is C21H17ClN4O2S3. The summed E-state index contributed by atoms with van der Waals surface area (Å²) < 4.78 is 4.19. The molecule has 158 valence electrons. The van der Waals surface area contributed by atoms with E-state index in [-0.39, 0.29) is 17.2 Å². The number of hydrogen-bond acceptors (Lipinski definition) is 6. The fraction of sp³-hybridized carbons (Fsp3) is 0.143. The number of hydrogen-bond donors (Lipinski definition) is 1. The van der Waals surface area contributed by atoms with Gasteiger partial charge >= 0.3 is 0 Å². The lowest BCUT2D eigenvalue weighted by Crippen LogP contribution is -2.21. The molecule has 2 heterocycles. The Morgan fingerprint density at radius 3 is 2.65 bits per heavy atom. The van der Waals surface area contributed by atoms with E-state index in [1.807, 2.05) is 43.3 Å². The van der Waals surface area contributed by atoms with Crippen molar-refractivity contribution in [2.45, 2.75) is 12.1 Å². The van der Waals surface area contributed by atoms with Crippen molar-refractivity contribution < 1.29 is 4.79 Å². The zero-order valence-electron chi connectivity index (χ0n) is 16.6. The summed E-state index contributed by atoms with van der Waals surface area (Å²) >= 11 is 13.9. The topological polar surface area (TPSA) is 68.9 Å². The molecule has 0 aliphatic carbocycles. The summed E-state index contributed by atoms with van der Waals surface area (Å²) in [7, 11) is 1.64. The molecule has 0 atom stereocenters. The Morgan fingerprint density at radius 1 is 1.23 bits per heavy atom. The molecular weight excluding hydrogens is 472 g/mol. The number of anilines is 1. The van der Waals surface area contributed by atoms with Crippen LogP contribution in [0.3, 0.4) is 0 Å². The average Bonchev–Trinajstić information content (AvgIpc) is 3.08. The standard InChI is InChI=1S/C21H17ClN4O2S3/c1-12-5-3-4-6-15(12)23-16(27)11-30-20-24-18-17(19(28)25(20)2)31-21(29)26(18)14-9-7-13(22)8-10-14/h3-10H,11H2,1-2H3,(H,23,27). The highest BCUT2D eigenvalue weighted by Gasteiger charge is 2.17. The number of aromatic nitrogens is 3. The molecule has 0 saturated heterocycles. The van der Waals surface area contributed by atoms with Crippen molar-refractivity contribution in [3.8, 4) is 5.69 Å². The molecule has 2 aromatic heterocycles. The van der Waals surface area contributed by atoms with Crippen LogP contribution < -0.4 is 10.9 Å². The van der Waals surface area contributed by atoms with Gasteiger partial charge in [0.05, 0.1) is 5.75 Å². The summed E-state index contributed by atoms with van der Waals surface area (Å²) in [6.45, 7) is 1.93. The molecule has 0 aliphatic heterocycles. The Balaban J connectivity index is 1.66. The summed E-state index contributed by atoms with van der Waals surface area (Å²) in [5.74, 6) is -0.0557. The van der Waals surface area contributed by atoms with Crippen LogP contribution >= 0.6 is 46.9 Å². The lowest BCUT2D eigenvalue weighted by atomic mass is 10.2. The number of amides is 1. The number of halogens is 1. The molecule has 1 amide bonds. The number of benzene rings is 2. The minimum Gasteiger partial charge on any atom is -0.325 e. The van der Waals surface area contributed by atoms with Crippen molar-refractivity contribution in [1.29, 1.82) is 0 Å². The third-order valence-electron chi connectivity index (χ3n) is 4.61. The van der Waals surface area contributed by atoms with E-state index < -0.39 is 0 Å². The molecule has 4 aromatic rings. The summed E-state index contributed by atoms with van der Waals surface area (Å²) in [5, 5.41) is 3.94. The zero-order valence-corrected chi connectivity index (χ0v) is 19.8. The number of para-hydroxylation sites is 1. The second kappa shape index (κ2) is 8.96. The van der Waals surface area contributed by atoms with Crippen LogP contribution in [0.5, 0.6) is 0 Å².